The zero-order valence-corrected chi connectivity index (χ0v) is 8.45. The van der Waals surface area contributed by atoms with Gasteiger partial charge in [-0.15, -0.1) is 11.3 Å². The Balaban J connectivity index is 2.36. The zero-order chi connectivity index (χ0) is 8.81. The molecule has 0 atom stereocenters. The van der Waals surface area contributed by atoms with Gasteiger partial charge in [0.25, 0.3) is 0 Å². The van der Waals surface area contributed by atoms with Gasteiger partial charge in [0.05, 0.1) is 6.20 Å². The fraction of sp³-hybridized carbons (Fsp3) is 0.375. The SMILES string of the molecule is CCNC/C=C/c1ncc(Cl)s1. The Hall–Kier alpha value is -0.380. The average molecular weight is 203 g/mol. The van der Waals surface area contributed by atoms with Crippen molar-refractivity contribution in [2.45, 2.75) is 6.92 Å². The van der Waals surface area contributed by atoms with Crippen LogP contribution in [0.25, 0.3) is 6.08 Å². The van der Waals surface area contributed by atoms with Crippen LogP contribution in [0.15, 0.2) is 12.3 Å². The van der Waals surface area contributed by atoms with Gasteiger partial charge in [-0.2, -0.15) is 0 Å². The van der Waals surface area contributed by atoms with E-state index in [1.54, 1.807) is 6.20 Å². The molecule has 0 aliphatic heterocycles. The van der Waals surface area contributed by atoms with Crippen LogP contribution in [0.2, 0.25) is 4.34 Å². The van der Waals surface area contributed by atoms with Crippen LogP contribution in [-0.4, -0.2) is 18.1 Å². The topological polar surface area (TPSA) is 24.9 Å². The van der Waals surface area contributed by atoms with E-state index in [4.69, 9.17) is 11.6 Å². The number of nitrogens with zero attached hydrogens (tertiary/aromatic N) is 1. The molecule has 0 saturated heterocycles. The Labute approximate surface area is 81.3 Å². The fourth-order valence-corrected chi connectivity index (χ4v) is 1.59. The highest BCUT2D eigenvalue weighted by Crippen LogP contribution is 2.18. The normalized spacial score (nSPS) is 11.2. The molecule has 1 aromatic heterocycles. The van der Waals surface area contributed by atoms with Crippen LogP contribution >= 0.6 is 22.9 Å². The molecule has 0 aliphatic carbocycles. The van der Waals surface area contributed by atoms with E-state index >= 15 is 0 Å². The lowest BCUT2D eigenvalue weighted by atomic mass is 10.5. The number of hydrogen-bond acceptors (Lipinski definition) is 3. The first-order chi connectivity index (χ1) is 5.83. The highest BCUT2D eigenvalue weighted by molar-refractivity contribution is 7.16. The van der Waals surface area contributed by atoms with Gasteiger partial charge in [-0.05, 0) is 12.6 Å². The number of thiazole rings is 1. The second kappa shape index (κ2) is 5.30. The summed E-state index contributed by atoms with van der Waals surface area (Å²) in [6, 6.07) is 0. The van der Waals surface area contributed by atoms with E-state index in [9.17, 15) is 0 Å². The van der Waals surface area contributed by atoms with E-state index in [0.717, 1.165) is 22.4 Å². The van der Waals surface area contributed by atoms with Gasteiger partial charge in [-0.1, -0.05) is 24.6 Å². The molecule has 1 rings (SSSR count). The minimum atomic E-state index is 0.734. The molecule has 0 bridgehead atoms. The summed E-state index contributed by atoms with van der Waals surface area (Å²) in [4.78, 5) is 4.09. The lowest BCUT2D eigenvalue weighted by Crippen LogP contribution is -2.11. The first-order valence-electron chi connectivity index (χ1n) is 3.81. The van der Waals surface area contributed by atoms with Gasteiger partial charge in [0.1, 0.15) is 9.34 Å². The summed E-state index contributed by atoms with van der Waals surface area (Å²) < 4.78 is 0.734. The van der Waals surface area contributed by atoms with E-state index in [2.05, 4.69) is 17.2 Å². The molecule has 1 N–H and O–H groups in total. The van der Waals surface area contributed by atoms with Gasteiger partial charge >= 0.3 is 0 Å². The lowest BCUT2D eigenvalue weighted by Gasteiger charge is -1.91. The van der Waals surface area contributed by atoms with Gasteiger partial charge < -0.3 is 5.32 Å². The monoisotopic (exact) mass is 202 g/mol. The maximum Gasteiger partial charge on any atom is 0.117 e. The molecule has 0 radical (unpaired) electrons. The summed E-state index contributed by atoms with van der Waals surface area (Å²) in [6.07, 6.45) is 5.68. The summed E-state index contributed by atoms with van der Waals surface area (Å²) >= 11 is 7.19. The maximum atomic E-state index is 5.71. The molecule has 1 aromatic rings. The van der Waals surface area contributed by atoms with Crippen molar-refractivity contribution >= 4 is 29.0 Å². The lowest BCUT2D eigenvalue weighted by molar-refractivity contribution is 0.801. The van der Waals surface area contributed by atoms with Crippen LogP contribution in [0.3, 0.4) is 0 Å². The molecule has 66 valence electrons. The van der Waals surface area contributed by atoms with Gasteiger partial charge in [0.2, 0.25) is 0 Å². The molecule has 0 saturated carbocycles. The molecule has 0 aliphatic rings. The van der Waals surface area contributed by atoms with Crippen molar-refractivity contribution in [3.8, 4) is 0 Å². The van der Waals surface area contributed by atoms with Crippen molar-refractivity contribution < 1.29 is 0 Å². The van der Waals surface area contributed by atoms with Gasteiger partial charge in [0.15, 0.2) is 0 Å². The number of rotatable bonds is 4. The Kier molecular flexibility index (Phi) is 4.29. The third-order valence-electron chi connectivity index (χ3n) is 1.27. The van der Waals surface area contributed by atoms with Gasteiger partial charge in [-0.25, -0.2) is 4.98 Å². The Bertz CT molecular complexity index is 257. The minimum absolute atomic E-state index is 0.734. The molecule has 2 nitrogen and oxygen atoms in total. The number of likely N-dealkylation sites (N-methyl/N-ethyl adjacent to an activating group) is 1. The zero-order valence-electron chi connectivity index (χ0n) is 6.88. The fourth-order valence-electron chi connectivity index (χ4n) is 0.731. The van der Waals surface area contributed by atoms with Crippen LogP contribution in [0.5, 0.6) is 0 Å². The smallest absolute Gasteiger partial charge is 0.117 e. The molecule has 1 heterocycles. The Morgan fingerprint density at radius 2 is 2.58 bits per heavy atom. The van der Waals surface area contributed by atoms with E-state index in [-0.39, 0.29) is 0 Å². The predicted molar refractivity (Wildman–Crippen MR) is 54.7 cm³/mol. The van der Waals surface area contributed by atoms with Crippen molar-refractivity contribution in [1.82, 2.24) is 10.3 Å². The van der Waals surface area contributed by atoms with Crippen molar-refractivity contribution in [2.24, 2.45) is 0 Å². The highest BCUT2D eigenvalue weighted by Gasteiger charge is 1.92. The largest absolute Gasteiger partial charge is 0.314 e. The first kappa shape index (κ1) is 9.71. The number of hydrogen-bond donors (Lipinski definition) is 1. The van der Waals surface area contributed by atoms with Crippen molar-refractivity contribution in [3.05, 3.63) is 21.6 Å². The summed E-state index contributed by atoms with van der Waals surface area (Å²) in [5, 5.41) is 4.14. The maximum absolute atomic E-state index is 5.71. The van der Waals surface area contributed by atoms with Crippen LogP contribution in [-0.2, 0) is 0 Å². The molecule has 0 amide bonds. The number of aromatic nitrogens is 1. The van der Waals surface area contributed by atoms with E-state index in [1.807, 2.05) is 12.2 Å². The third-order valence-corrected chi connectivity index (χ3v) is 2.35. The minimum Gasteiger partial charge on any atom is -0.314 e. The standard InChI is InChI=1S/C8H11ClN2S/c1-2-10-5-3-4-8-11-6-7(9)12-8/h3-4,6,10H,2,5H2,1H3/b4-3+. The third kappa shape index (κ3) is 3.34. The van der Waals surface area contributed by atoms with Crippen molar-refractivity contribution in [1.29, 1.82) is 0 Å². The molecule has 0 fully saturated rings. The summed E-state index contributed by atoms with van der Waals surface area (Å²) in [5.74, 6) is 0. The second-order valence-corrected chi connectivity index (χ2v) is 3.91. The average Bonchev–Trinajstić information content (AvgIpc) is 2.45. The van der Waals surface area contributed by atoms with Crippen molar-refractivity contribution in [2.75, 3.05) is 13.1 Å². The molecular weight excluding hydrogens is 192 g/mol. The van der Waals surface area contributed by atoms with Crippen LogP contribution in [0, 0.1) is 0 Å². The van der Waals surface area contributed by atoms with Gasteiger partial charge in [0, 0.05) is 6.54 Å². The molecule has 0 spiro atoms. The van der Waals surface area contributed by atoms with Crippen LogP contribution in [0.4, 0.5) is 0 Å². The summed E-state index contributed by atoms with van der Waals surface area (Å²) in [7, 11) is 0. The summed E-state index contributed by atoms with van der Waals surface area (Å²) in [5.41, 5.74) is 0. The summed E-state index contributed by atoms with van der Waals surface area (Å²) in [6.45, 7) is 3.95. The van der Waals surface area contributed by atoms with Crippen LogP contribution in [0.1, 0.15) is 11.9 Å². The quantitative estimate of drug-likeness (QED) is 0.759. The Morgan fingerprint density at radius 1 is 1.75 bits per heavy atom. The van der Waals surface area contributed by atoms with E-state index < -0.39 is 0 Å². The molecule has 0 unspecified atom stereocenters. The molecular formula is C8H11ClN2S. The highest BCUT2D eigenvalue weighted by atomic mass is 35.5. The predicted octanol–water partition coefficient (Wildman–Crippen LogP) is 2.42. The van der Waals surface area contributed by atoms with Crippen LogP contribution < -0.4 is 5.32 Å². The van der Waals surface area contributed by atoms with E-state index in [0.29, 0.717) is 0 Å². The number of nitrogens with one attached hydrogen (secondary N) is 1. The van der Waals surface area contributed by atoms with Gasteiger partial charge in [-0.3, -0.25) is 0 Å². The van der Waals surface area contributed by atoms with E-state index in [1.165, 1.54) is 11.3 Å². The first-order valence-corrected chi connectivity index (χ1v) is 5.01. The van der Waals surface area contributed by atoms with Crippen molar-refractivity contribution in [3.63, 3.8) is 0 Å². The molecule has 0 aromatic carbocycles. The molecule has 12 heavy (non-hydrogen) atoms. The molecule has 4 heteroatoms. The second-order valence-electron chi connectivity index (χ2n) is 2.21. The number of halogens is 1. The Morgan fingerprint density at radius 3 is 3.17 bits per heavy atom.